The van der Waals surface area contributed by atoms with Gasteiger partial charge in [-0.15, -0.1) is 0 Å². The molecule has 0 saturated heterocycles. The van der Waals surface area contributed by atoms with Crippen molar-refractivity contribution in [3.8, 4) is 5.75 Å². The number of halogens is 4. The van der Waals surface area contributed by atoms with E-state index in [-0.39, 0.29) is 0 Å². The minimum Gasteiger partial charge on any atom is -0.489 e. The zero-order chi connectivity index (χ0) is 13.8. The van der Waals surface area contributed by atoms with Gasteiger partial charge < -0.3 is 4.74 Å². The molecule has 5 heteroatoms. The van der Waals surface area contributed by atoms with E-state index in [1.807, 2.05) is 24.3 Å². The molecule has 0 spiro atoms. The lowest BCUT2D eigenvalue weighted by Crippen LogP contribution is -1.97. The number of hydrogen-bond donors (Lipinski definition) is 0. The molecule has 0 fully saturated rings. The summed E-state index contributed by atoms with van der Waals surface area (Å²) in [5, 5.41) is 2.01. The second-order valence-electron chi connectivity index (χ2n) is 3.91. The molecule has 1 nitrogen and oxygen atoms in total. The van der Waals surface area contributed by atoms with E-state index in [0.717, 1.165) is 26.7 Å². The second-order valence-corrected chi connectivity index (χ2v) is 6.17. The number of alkyl halides is 1. The highest BCUT2D eigenvalue weighted by Crippen LogP contribution is 2.26. The summed E-state index contributed by atoms with van der Waals surface area (Å²) < 4.78 is 6.80. The van der Waals surface area contributed by atoms with E-state index in [9.17, 15) is 0 Å². The van der Waals surface area contributed by atoms with Gasteiger partial charge in [0.15, 0.2) is 0 Å². The molecule has 0 heterocycles. The minimum atomic E-state index is 0.416. The fourth-order valence-corrected chi connectivity index (χ4v) is 3.23. The second kappa shape index (κ2) is 6.98. The van der Waals surface area contributed by atoms with Crippen LogP contribution in [0, 0.1) is 0 Å². The zero-order valence-corrected chi connectivity index (χ0v) is 14.5. The summed E-state index contributed by atoms with van der Waals surface area (Å²) in [5.41, 5.74) is 2.05. The Morgan fingerprint density at radius 2 is 1.79 bits per heavy atom. The third-order valence-corrected chi connectivity index (χ3v) is 4.54. The summed E-state index contributed by atoms with van der Waals surface area (Å²) in [6, 6.07) is 11.3. The molecule has 0 unspecified atom stereocenters. The van der Waals surface area contributed by atoms with Gasteiger partial charge in [0.25, 0.3) is 0 Å². The van der Waals surface area contributed by atoms with Crippen molar-refractivity contribution in [3.05, 3.63) is 62.0 Å². The van der Waals surface area contributed by atoms with Crippen molar-refractivity contribution in [3.63, 3.8) is 0 Å². The Kier molecular flexibility index (Phi) is 5.58. The Balaban J connectivity index is 2.10. The van der Waals surface area contributed by atoms with Crippen LogP contribution in [0.25, 0.3) is 0 Å². The smallest absolute Gasteiger partial charge is 0.120 e. The van der Waals surface area contributed by atoms with E-state index in [4.69, 9.17) is 27.9 Å². The molecule has 0 bridgehead atoms. The Hall–Kier alpha value is -0.220. The minimum absolute atomic E-state index is 0.416. The zero-order valence-electron chi connectivity index (χ0n) is 9.80. The average Bonchev–Trinajstić information content (AvgIpc) is 2.39. The first-order valence-corrected chi connectivity index (χ1v) is 8.18. The lowest BCUT2D eigenvalue weighted by Gasteiger charge is -2.10. The molecule has 0 N–H and O–H groups in total. The van der Waals surface area contributed by atoms with Crippen LogP contribution in [0.2, 0.25) is 10.0 Å². The third kappa shape index (κ3) is 4.12. The highest BCUT2D eigenvalue weighted by atomic mass is 79.9. The summed E-state index contributed by atoms with van der Waals surface area (Å²) in [5.74, 6) is 0.809. The first-order valence-electron chi connectivity index (χ1n) is 5.51. The van der Waals surface area contributed by atoms with E-state index in [0.29, 0.717) is 16.7 Å². The Morgan fingerprint density at radius 3 is 2.47 bits per heavy atom. The highest BCUT2D eigenvalue weighted by Gasteiger charge is 2.04. The molecule has 0 amide bonds. The predicted molar refractivity (Wildman–Crippen MR) is 87.6 cm³/mol. The quantitative estimate of drug-likeness (QED) is 0.528. The molecule has 0 saturated carbocycles. The molecule has 2 aromatic rings. The number of benzene rings is 2. The van der Waals surface area contributed by atoms with Crippen LogP contribution in [0.4, 0.5) is 0 Å². The van der Waals surface area contributed by atoms with Gasteiger partial charge in [0.2, 0.25) is 0 Å². The van der Waals surface area contributed by atoms with Crippen LogP contribution in [-0.4, -0.2) is 0 Å². The van der Waals surface area contributed by atoms with Gasteiger partial charge in [0, 0.05) is 25.4 Å². The van der Waals surface area contributed by atoms with Crippen molar-refractivity contribution >= 4 is 55.1 Å². The summed E-state index contributed by atoms with van der Waals surface area (Å²) in [6.07, 6.45) is 0. The van der Waals surface area contributed by atoms with Gasteiger partial charge in [-0.05, 0) is 35.9 Å². The van der Waals surface area contributed by atoms with E-state index in [1.54, 1.807) is 12.1 Å². The summed E-state index contributed by atoms with van der Waals surface area (Å²) in [6.45, 7) is 0.416. The molecule has 19 heavy (non-hydrogen) atoms. The lowest BCUT2D eigenvalue weighted by atomic mass is 10.2. The molecule has 0 aliphatic heterocycles. The summed E-state index contributed by atoms with van der Waals surface area (Å²) in [7, 11) is 0. The van der Waals surface area contributed by atoms with Gasteiger partial charge >= 0.3 is 0 Å². The molecular weight excluding hydrogens is 415 g/mol. The lowest BCUT2D eigenvalue weighted by molar-refractivity contribution is 0.306. The highest BCUT2D eigenvalue weighted by molar-refractivity contribution is 9.10. The van der Waals surface area contributed by atoms with Gasteiger partial charge in [-0.25, -0.2) is 0 Å². The summed E-state index contributed by atoms with van der Waals surface area (Å²) in [4.78, 5) is 0. The maximum absolute atomic E-state index is 6.10. The van der Waals surface area contributed by atoms with Crippen molar-refractivity contribution in [2.24, 2.45) is 0 Å². The largest absolute Gasteiger partial charge is 0.489 e. The molecule has 0 aliphatic rings. The van der Waals surface area contributed by atoms with Gasteiger partial charge in [0.05, 0.1) is 0 Å². The van der Waals surface area contributed by atoms with E-state index < -0.39 is 0 Å². The van der Waals surface area contributed by atoms with E-state index in [1.165, 1.54) is 0 Å². The van der Waals surface area contributed by atoms with Gasteiger partial charge in [-0.1, -0.05) is 61.1 Å². The van der Waals surface area contributed by atoms with Crippen LogP contribution >= 0.6 is 55.1 Å². The Morgan fingerprint density at radius 1 is 1.00 bits per heavy atom. The average molecular weight is 425 g/mol. The van der Waals surface area contributed by atoms with E-state index >= 15 is 0 Å². The molecule has 2 rings (SSSR count). The molecule has 0 aliphatic carbocycles. The van der Waals surface area contributed by atoms with E-state index in [2.05, 4.69) is 31.9 Å². The van der Waals surface area contributed by atoms with Gasteiger partial charge in [-0.3, -0.25) is 0 Å². The normalized spacial score (nSPS) is 10.5. The Bertz CT molecular complexity index is 588. The number of rotatable bonds is 4. The first kappa shape index (κ1) is 15.2. The molecule has 0 radical (unpaired) electrons. The van der Waals surface area contributed by atoms with Crippen LogP contribution in [0.3, 0.4) is 0 Å². The van der Waals surface area contributed by atoms with Crippen molar-refractivity contribution < 1.29 is 4.74 Å². The molecule has 2 aromatic carbocycles. The van der Waals surface area contributed by atoms with Crippen molar-refractivity contribution in [2.45, 2.75) is 11.9 Å². The SMILES string of the molecule is Clc1ccc(COc2ccc(Br)c(CBr)c2)c(Cl)c1. The van der Waals surface area contributed by atoms with Crippen LogP contribution in [0.1, 0.15) is 11.1 Å². The van der Waals surface area contributed by atoms with Crippen molar-refractivity contribution in [2.75, 3.05) is 0 Å². The maximum atomic E-state index is 6.10. The first-order chi connectivity index (χ1) is 9.10. The monoisotopic (exact) mass is 422 g/mol. The van der Waals surface area contributed by atoms with Crippen molar-refractivity contribution in [1.29, 1.82) is 0 Å². The summed E-state index contributed by atoms with van der Waals surface area (Å²) >= 11 is 18.9. The fraction of sp³-hybridized carbons (Fsp3) is 0.143. The van der Waals surface area contributed by atoms with Gasteiger partial charge in [0.1, 0.15) is 12.4 Å². The standard InChI is InChI=1S/C14H10Br2Cl2O/c15-7-10-5-12(3-4-13(10)16)19-8-9-1-2-11(17)6-14(9)18/h1-6H,7-8H2. The van der Waals surface area contributed by atoms with Crippen molar-refractivity contribution in [1.82, 2.24) is 0 Å². The molecular formula is C14H10Br2Cl2O. The maximum Gasteiger partial charge on any atom is 0.120 e. The fourth-order valence-electron chi connectivity index (χ4n) is 1.54. The molecule has 0 aromatic heterocycles. The van der Waals surface area contributed by atoms with Gasteiger partial charge in [-0.2, -0.15) is 0 Å². The molecule has 0 atom stereocenters. The van der Waals surface area contributed by atoms with Crippen LogP contribution in [0.15, 0.2) is 40.9 Å². The van der Waals surface area contributed by atoms with Crippen LogP contribution in [0.5, 0.6) is 5.75 Å². The number of ether oxygens (including phenoxy) is 1. The topological polar surface area (TPSA) is 9.23 Å². The van der Waals surface area contributed by atoms with Crippen LogP contribution in [-0.2, 0) is 11.9 Å². The van der Waals surface area contributed by atoms with Crippen LogP contribution < -0.4 is 4.74 Å². The third-order valence-electron chi connectivity index (χ3n) is 2.57. The molecule has 100 valence electrons. The predicted octanol–water partition coefficient (Wildman–Crippen LogP) is 6.23. The Labute approximate surface area is 139 Å². The number of hydrogen-bond acceptors (Lipinski definition) is 1.